The van der Waals surface area contributed by atoms with Crippen molar-refractivity contribution in [3.63, 3.8) is 0 Å². The number of hydrogen-bond donors (Lipinski definition) is 2. The van der Waals surface area contributed by atoms with E-state index in [4.69, 9.17) is 4.74 Å². The van der Waals surface area contributed by atoms with E-state index in [2.05, 4.69) is 9.97 Å². The molecule has 0 bridgehead atoms. The molecule has 1 aromatic carbocycles. The maximum Gasteiger partial charge on any atom is 0.126 e. The van der Waals surface area contributed by atoms with Gasteiger partial charge in [0.25, 0.3) is 0 Å². The zero-order chi connectivity index (χ0) is 15.2. The highest BCUT2D eigenvalue weighted by molar-refractivity contribution is 5.34. The van der Waals surface area contributed by atoms with Crippen LogP contribution in [0.1, 0.15) is 17.0 Å². The Hall–Kier alpha value is -1.92. The Morgan fingerprint density at radius 2 is 2.19 bits per heavy atom. The maximum absolute atomic E-state index is 13.2. The molecule has 114 valence electrons. The summed E-state index contributed by atoms with van der Waals surface area (Å²) in [6, 6.07) is 4.48. The van der Waals surface area contributed by atoms with Crippen molar-refractivity contribution >= 4 is 0 Å². The standard InChI is InChI=1S/C15H20FN3O2/c1-11-14(18-10-17-11)9-19(5-6-20)8-12-3-4-13(16)7-15(12)21-2/h3-4,7,10,20H,5-6,8-9H2,1-2H3,(H,17,18). The lowest BCUT2D eigenvalue weighted by Crippen LogP contribution is -2.26. The molecule has 0 aliphatic rings. The van der Waals surface area contributed by atoms with E-state index in [1.807, 2.05) is 11.8 Å². The van der Waals surface area contributed by atoms with Crippen LogP contribution in [0, 0.1) is 12.7 Å². The van der Waals surface area contributed by atoms with Gasteiger partial charge in [-0.25, -0.2) is 9.37 Å². The number of hydrogen-bond acceptors (Lipinski definition) is 4. The van der Waals surface area contributed by atoms with Crippen LogP contribution in [0.3, 0.4) is 0 Å². The van der Waals surface area contributed by atoms with Crippen molar-refractivity contribution in [3.05, 3.63) is 47.3 Å². The molecule has 0 saturated heterocycles. The Balaban J connectivity index is 2.14. The topological polar surface area (TPSA) is 61.4 Å². The molecule has 0 saturated carbocycles. The third kappa shape index (κ3) is 4.03. The molecule has 2 rings (SSSR count). The summed E-state index contributed by atoms with van der Waals surface area (Å²) in [5.74, 6) is 0.184. The molecule has 6 heteroatoms. The quantitative estimate of drug-likeness (QED) is 0.818. The maximum atomic E-state index is 13.2. The first kappa shape index (κ1) is 15.5. The molecular formula is C15H20FN3O2. The average Bonchev–Trinajstić information content (AvgIpc) is 2.86. The molecule has 1 heterocycles. The summed E-state index contributed by atoms with van der Waals surface area (Å²) in [5.41, 5.74) is 2.81. The second-order valence-corrected chi connectivity index (χ2v) is 4.86. The fourth-order valence-electron chi connectivity index (χ4n) is 2.20. The largest absolute Gasteiger partial charge is 0.496 e. The van der Waals surface area contributed by atoms with Crippen molar-refractivity contribution in [2.45, 2.75) is 20.0 Å². The molecule has 5 nitrogen and oxygen atoms in total. The number of aromatic nitrogens is 2. The Morgan fingerprint density at radius 3 is 2.81 bits per heavy atom. The van der Waals surface area contributed by atoms with E-state index in [1.165, 1.54) is 19.2 Å². The number of imidazole rings is 1. The smallest absolute Gasteiger partial charge is 0.126 e. The van der Waals surface area contributed by atoms with Gasteiger partial charge in [0.15, 0.2) is 0 Å². The molecule has 2 N–H and O–H groups in total. The highest BCUT2D eigenvalue weighted by atomic mass is 19.1. The molecule has 0 aliphatic heterocycles. The fraction of sp³-hybridized carbons (Fsp3) is 0.400. The Morgan fingerprint density at radius 1 is 1.38 bits per heavy atom. The van der Waals surface area contributed by atoms with E-state index < -0.39 is 0 Å². The average molecular weight is 293 g/mol. The minimum absolute atomic E-state index is 0.0486. The highest BCUT2D eigenvalue weighted by Gasteiger charge is 2.13. The van der Waals surface area contributed by atoms with Gasteiger partial charge in [0, 0.05) is 37.0 Å². The van der Waals surface area contributed by atoms with E-state index in [-0.39, 0.29) is 12.4 Å². The lowest BCUT2D eigenvalue weighted by atomic mass is 10.1. The molecule has 0 spiro atoms. The number of aliphatic hydroxyl groups excluding tert-OH is 1. The van der Waals surface area contributed by atoms with Gasteiger partial charge in [0.1, 0.15) is 11.6 Å². The molecule has 21 heavy (non-hydrogen) atoms. The number of ether oxygens (including phenoxy) is 1. The number of aliphatic hydroxyl groups is 1. The first-order valence-corrected chi connectivity index (χ1v) is 6.78. The van der Waals surface area contributed by atoms with Gasteiger partial charge in [0.05, 0.1) is 25.7 Å². The first-order valence-electron chi connectivity index (χ1n) is 6.78. The lowest BCUT2D eigenvalue weighted by molar-refractivity contribution is 0.181. The Bertz CT molecular complexity index is 586. The van der Waals surface area contributed by atoms with Crippen LogP contribution in [-0.4, -0.2) is 40.2 Å². The SMILES string of the molecule is COc1cc(F)ccc1CN(CCO)Cc1nc[nH]c1C. The van der Waals surface area contributed by atoms with E-state index in [0.717, 1.165) is 17.0 Å². The van der Waals surface area contributed by atoms with Gasteiger partial charge in [-0.1, -0.05) is 6.07 Å². The Labute approximate surface area is 123 Å². The third-order valence-corrected chi connectivity index (χ3v) is 3.37. The van der Waals surface area contributed by atoms with Crippen molar-refractivity contribution in [1.29, 1.82) is 0 Å². The van der Waals surface area contributed by atoms with Gasteiger partial charge in [-0.3, -0.25) is 4.90 Å². The number of benzene rings is 1. The summed E-state index contributed by atoms with van der Waals surface area (Å²) in [5, 5.41) is 9.22. The van der Waals surface area contributed by atoms with Crippen LogP contribution in [0.25, 0.3) is 0 Å². The van der Waals surface area contributed by atoms with E-state index in [9.17, 15) is 9.50 Å². The normalized spacial score (nSPS) is 11.1. The summed E-state index contributed by atoms with van der Waals surface area (Å²) < 4.78 is 18.4. The van der Waals surface area contributed by atoms with Gasteiger partial charge in [-0.15, -0.1) is 0 Å². The number of aromatic amines is 1. The molecule has 0 radical (unpaired) electrons. The number of rotatable bonds is 7. The Kier molecular flexibility index (Phi) is 5.30. The number of nitrogens with zero attached hydrogens (tertiary/aromatic N) is 2. The second-order valence-electron chi connectivity index (χ2n) is 4.86. The van der Waals surface area contributed by atoms with Crippen LogP contribution in [0.2, 0.25) is 0 Å². The molecule has 0 unspecified atom stereocenters. The molecular weight excluding hydrogens is 273 g/mol. The summed E-state index contributed by atoms with van der Waals surface area (Å²) in [7, 11) is 1.52. The van der Waals surface area contributed by atoms with Crippen LogP contribution >= 0.6 is 0 Å². The van der Waals surface area contributed by atoms with Gasteiger partial charge >= 0.3 is 0 Å². The highest BCUT2D eigenvalue weighted by Crippen LogP contribution is 2.22. The van der Waals surface area contributed by atoms with Gasteiger partial charge in [-0.2, -0.15) is 0 Å². The number of H-pyrrole nitrogens is 1. The first-order chi connectivity index (χ1) is 10.1. The summed E-state index contributed by atoms with van der Waals surface area (Å²) >= 11 is 0. The van der Waals surface area contributed by atoms with Crippen LogP contribution in [0.15, 0.2) is 24.5 Å². The van der Waals surface area contributed by atoms with Gasteiger partial charge < -0.3 is 14.8 Å². The number of aryl methyl sites for hydroxylation is 1. The molecule has 0 amide bonds. The molecule has 1 aromatic heterocycles. The minimum atomic E-state index is -0.326. The zero-order valence-corrected chi connectivity index (χ0v) is 12.3. The predicted molar refractivity (Wildman–Crippen MR) is 77.5 cm³/mol. The van der Waals surface area contributed by atoms with Gasteiger partial charge in [-0.05, 0) is 13.0 Å². The van der Waals surface area contributed by atoms with Crippen molar-refractivity contribution in [3.8, 4) is 5.75 Å². The fourth-order valence-corrected chi connectivity index (χ4v) is 2.20. The van der Waals surface area contributed by atoms with E-state index in [0.29, 0.717) is 25.4 Å². The number of halogens is 1. The van der Waals surface area contributed by atoms with Crippen molar-refractivity contribution in [2.75, 3.05) is 20.3 Å². The monoisotopic (exact) mass is 293 g/mol. The van der Waals surface area contributed by atoms with Crippen LogP contribution in [0.5, 0.6) is 5.75 Å². The predicted octanol–water partition coefficient (Wildman–Crippen LogP) is 1.86. The van der Waals surface area contributed by atoms with Crippen LogP contribution < -0.4 is 4.74 Å². The second kappa shape index (κ2) is 7.19. The van der Waals surface area contributed by atoms with Crippen molar-refractivity contribution in [2.24, 2.45) is 0 Å². The van der Waals surface area contributed by atoms with Crippen LogP contribution in [-0.2, 0) is 13.1 Å². The van der Waals surface area contributed by atoms with Crippen molar-refractivity contribution in [1.82, 2.24) is 14.9 Å². The van der Waals surface area contributed by atoms with Gasteiger partial charge in [0.2, 0.25) is 0 Å². The zero-order valence-electron chi connectivity index (χ0n) is 12.3. The summed E-state index contributed by atoms with van der Waals surface area (Å²) in [6.07, 6.45) is 1.65. The molecule has 0 atom stereocenters. The summed E-state index contributed by atoms with van der Waals surface area (Å²) in [4.78, 5) is 9.34. The summed E-state index contributed by atoms with van der Waals surface area (Å²) in [6.45, 7) is 3.67. The lowest BCUT2D eigenvalue weighted by Gasteiger charge is -2.22. The van der Waals surface area contributed by atoms with E-state index in [1.54, 1.807) is 12.4 Å². The molecule has 2 aromatic rings. The molecule has 0 fully saturated rings. The number of nitrogens with one attached hydrogen (secondary N) is 1. The third-order valence-electron chi connectivity index (χ3n) is 3.37. The van der Waals surface area contributed by atoms with Crippen molar-refractivity contribution < 1.29 is 14.2 Å². The van der Waals surface area contributed by atoms with Crippen LogP contribution in [0.4, 0.5) is 4.39 Å². The van der Waals surface area contributed by atoms with E-state index >= 15 is 0 Å². The number of methoxy groups -OCH3 is 1. The minimum Gasteiger partial charge on any atom is -0.496 e. The molecule has 0 aliphatic carbocycles.